The molecule has 0 aromatic carbocycles. The number of hydrogen-bond donors (Lipinski definition) is 0. The van der Waals surface area contributed by atoms with Crippen LogP contribution in [-0.4, -0.2) is 27.2 Å². The van der Waals surface area contributed by atoms with E-state index in [1.807, 2.05) is 0 Å². The lowest BCUT2D eigenvalue weighted by molar-refractivity contribution is -0.246. The Morgan fingerprint density at radius 3 is 1.64 bits per heavy atom. The average molecular weight is 393 g/mol. The first-order valence-electron chi connectivity index (χ1n) is 10.4. The fourth-order valence-corrected chi connectivity index (χ4v) is 27.0. The van der Waals surface area contributed by atoms with Gasteiger partial charge in [-0.1, -0.05) is 70.3 Å². The van der Waals surface area contributed by atoms with Crippen molar-refractivity contribution in [3.8, 4) is 0 Å². The third-order valence-electron chi connectivity index (χ3n) is 7.88. The molecule has 2 aliphatic carbocycles. The SMILES string of the molecule is CC1(C(F)(F)F)CC[Si](C2CCCCC2)(C2CCCCC2)[Si](C)(C)O1. The van der Waals surface area contributed by atoms with Crippen LogP contribution in [0.2, 0.25) is 30.2 Å². The van der Waals surface area contributed by atoms with Crippen molar-refractivity contribution in [1.29, 1.82) is 0 Å². The Labute approximate surface area is 153 Å². The zero-order valence-electron chi connectivity index (χ0n) is 16.2. The maximum Gasteiger partial charge on any atom is 0.415 e. The molecule has 0 N–H and O–H groups in total. The van der Waals surface area contributed by atoms with E-state index in [1.54, 1.807) is 0 Å². The van der Waals surface area contributed by atoms with Crippen molar-refractivity contribution >= 4 is 15.4 Å². The first kappa shape index (κ1) is 19.9. The highest BCUT2D eigenvalue weighted by molar-refractivity contribution is 7.40. The van der Waals surface area contributed by atoms with Gasteiger partial charge >= 0.3 is 6.18 Å². The predicted molar refractivity (Wildman–Crippen MR) is 102 cm³/mol. The van der Waals surface area contributed by atoms with Crippen LogP contribution in [0.3, 0.4) is 0 Å². The van der Waals surface area contributed by atoms with Gasteiger partial charge in [-0.05, 0) is 37.5 Å². The van der Waals surface area contributed by atoms with Crippen LogP contribution in [-0.2, 0) is 4.43 Å². The molecule has 0 amide bonds. The molecule has 25 heavy (non-hydrogen) atoms. The van der Waals surface area contributed by atoms with Crippen molar-refractivity contribution in [2.75, 3.05) is 0 Å². The molecule has 1 nitrogen and oxygen atoms in total. The van der Waals surface area contributed by atoms with Crippen LogP contribution in [0, 0.1) is 0 Å². The molecule has 6 heteroatoms. The maximum absolute atomic E-state index is 13.7. The Hall–Kier alpha value is 0.184. The molecule has 3 fully saturated rings. The summed E-state index contributed by atoms with van der Waals surface area (Å²) in [6.07, 6.45) is 8.82. The molecule has 0 aromatic heterocycles. The minimum atomic E-state index is -4.24. The summed E-state index contributed by atoms with van der Waals surface area (Å²) in [6, 6.07) is 0.873. The summed E-state index contributed by atoms with van der Waals surface area (Å²) in [4.78, 5) is 0. The highest BCUT2D eigenvalue weighted by atomic mass is 29.3. The van der Waals surface area contributed by atoms with Gasteiger partial charge in [-0.15, -0.1) is 0 Å². The van der Waals surface area contributed by atoms with E-state index in [9.17, 15) is 13.2 Å². The normalized spacial score (nSPS) is 34.8. The summed E-state index contributed by atoms with van der Waals surface area (Å²) in [5.74, 6) is 0. The van der Waals surface area contributed by atoms with Gasteiger partial charge in [0.15, 0.2) is 7.83 Å². The Kier molecular flexibility index (Phi) is 5.56. The fraction of sp³-hybridized carbons (Fsp3) is 1.00. The van der Waals surface area contributed by atoms with E-state index in [2.05, 4.69) is 13.1 Å². The highest BCUT2D eigenvalue weighted by Gasteiger charge is 2.67. The number of alkyl halides is 3. The molecule has 1 unspecified atom stereocenters. The largest absolute Gasteiger partial charge is 0.415 e. The van der Waals surface area contributed by atoms with E-state index in [0.29, 0.717) is 0 Å². The predicted octanol–water partition coefficient (Wildman–Crippen LogP) is 7.13. The van der Waals surface area contributed by atoms with Crippen molar-refractivity contribution in [1.82, 2.24) is 0 Å². The van der Waals surface area contributed by atoms with Crippen molar-refractivity contribution in [3.63, 3.8) is 0 Å². The second-order valence-corrected chi connectivity index (χ2v) is 23.4. The summed E-state index contributed by atoms with van der Waals surface area (Å²) in [7, 11) is -4.23. The van der Waals surface area contributed by atoms with Crippen molar-refractivity contribution in [2.45, 2.75) is 120 Å². The number of hydrogen-bond acceptors (Lipinski definition) is 1. The van der Waals surface area contributed by atoms with Gasteiger partial charge in [0.2, 0.25) is 0 Å². The van der Waals surface area contributed by atoms with Crippen molar-refractivity contribution < 1.29 is 17.6 Å². The lowest BCUT2D eigenvalue weighted by atomic mass is 9.99. The van der Waals surface area contributed by atoms with Gasteiger partial charge in [0.25, 0.3) is 0 Å². The summed E-state index contributed by atoms with van der Waals surface area (Å²) >= 11 is 0. The van der Waals surface area contributed by atoms with Crippen molar-refractivity contribution in [3.05, 3.63) is 0 Å². The zero-order chi connectivity index (χ0) is 18.3. The quantitative estimate of drug-likeness (QED) is 0.454. The smallest absolute Gasteiger partial charge is 0.406 e. The lowest BCUT2D eigenvalue weighted by Gasteiger charge is -2.60. The van der Waals surface area contributed by atoms with Crippen LogP contribution in [0.25, 0.3) is 0 Å². The van der Waals surface area contributed by atoms with Gasteiger partial charge in [-0.3, -0.25) is 0 Å². The van der Waals surface area contributed by atoms with Crippen molar-refractivity contribution in [2.24, 2.45) is 0 Å². The van der Waals surface area contributed by atoms with Crippen LogP contribution >= 0.6 is 0 Å². The van der Waals surface area contributed by atoms with Gasteiger partial charge in [0.1, 0.15) is 5.60 Å². The van der Waals surface area contributed by atoms with E-state index in [4.69, 9.17) is 4.43 Å². The molecular formula is C19H35F3OSi2. The molecule has 0 bridgehead atoms. The molecular weight excluding hydrogens is 357 g/mol. The summed E-state index contributed by atoms with van der Waals surface area (Å²) < 4.78 is 47.4. The topological polar surface area (TPSA) is 9.23 Å². The van der Waals surface area contributed by atoms with Gasteiger partial charge in [-0.2, -0.15) is 13.2 Å². The summed E-state index contributed by atoms with van der Waals surface area (Å²) in [6.45, 7) is 5.67. The third-order valence-corrected chi connectivity index (χ3v) is 26.5. The molecule has 1 saturated heterocycles. The van der Waals surface area contributed by atoms with E-state index < -0.39 is 27.2 Å². The van der Waals surface area contributed by atoms with Gasteiger partial charge in [0.05, 0.1) is 7.59 Å². The minimum absolute atomic E-state index is 0.214. The van der Waals surface area contributed by atoms with Gasteiger partial charge < -0.3 is 4.43 Å². The minimum Gasteiger partial charge on any atom is -0.406 e. The molecule has 146 valence electrons. The molecule has 0 spiro atoms. The fourth-order valence-electron chi connectivity index (χ4n) is 6.62. The molecule has 1 heterocycles. The average Bonchev–Trinajstić information content (AvgIpc) is 2.55. The van der Waals surface area contributed by atoms with E-state index in [0.717, 1.165) is 17.1 Å². The Morgan fingerprint density at radius 1 is 0.840 bits per heavy atom. The second kappa shape index (κ2) is 6.97. The summed E-state index contributed by atoms with van der Waals surface area (Å²) in [5, 5.41) is 0. The van der Waals surface area contributed by atoms with Crippen LogP contribution in [0.5, 0.6) is 0 Å². The number of rotatable bonds is 2. The number of halogens is 3. The Balaban J connectivity index is 1.96. The third kappa shape index (κ3) is 3.40. The molecule has 1 aliphatic heterocycles. The lowest BCUT2D eigenvalue weighted by Crippen LogP contribution is -2.73. The van der Waals surface area contributed by atoms with Crippen LogP contribution in [0.15, 0.2) is 0 Å². The monoisotopic (exact) mass is 392 g/mol. The molecule has 2 saturated carbocycles. The second-order valence-electron chi connectivity index (χ2n) is 9.55. The van der Waals surface area contributed by atoms with E-state index in [1.165, 1.54) is 71.1 Å². The van der Waals surface area contributed by atoms with Crippen LogP contribution in [0.1, 0.15) is 77.6 Å². The molecule has 0 radical (unpaired) electrons. The standard InChI is InChI=1S/C19H35F3OSi2/c1-18(19(20,21)22)14-15-25(24(2,3)23-18,16-10-6-4-7-11-16)17-12-8-5-9-13-17/h16-17H,4-15H2,1-3H3. The summed E-state index contributed by atoms with van der Waals surface area (Å²) in [5.41, 5.74) is -0.449. The highest BCUT2D eigenvalue weighted by Crippen LogP contribution is 2.59. The van der Waals surface area contributed by atoms with E-state index >= 15 is 0 Å². The Bertz CT molecular complexity index is 450. The van der Waals surface area contributed by atoms with Gasteiger partial charge in [0, 0.05) is 0 Å². The maximum atomic E-state index is 13.7. The molecule has 3 aliphatic rings. The molecule has 1 atom stereocenters. The van der Waals surface area contributed by atoms with Crippen LogP contribution in [0.4, 0.5) is 13.2 Å². The Morgan fingerprint density at radius 2 is 1.28 bits per heavy atom. The first-order chi connectivity index (χ1) is 11.6. The zero-order valence-corrected chi connectivity index (χ0v) is 18.2. The molecule has 3 rings (SSSR count). The van der Waals surface area contributed by atoms with Gasteiger partial charge in [-0.25, -0.2) is 0 Å². The van der Waals surface area contributed by atoms with E-state index in [-0.39, 0.29) is 6.42 Å². The first-order valence-corrected chi connectivity index (χ1v) is 16.7. The van der Waals surface area contributed by atoms with Crippen LogP contribution < -0.4 is 0 Å². The molecule has 0 aromatic rings.